The summed E-state index contributed by atoms with van der Waals surface area (Å²) in [6.45, 7) is 11.5. The molecule has 1 saturated heterocycles. The third-order valence-electron chi connectivity index (χ3n) is 7.91. The summed E-state index contributed by atoms with van der Waals surface area (Å²) in [5.41, 5.74) is 0.394. The van der Waals surface area contributed by atoms with E-state index in [1.54, 1.807) is 17.2 Å². The first-order valence-corrected chi connectivity index (χ1v) is 15.0. The van der Waals surface area contributed by atoms with E-state index < -0.39 is 35.3 Å². The summed E-state index contributed by atoms with van der Waals surface area (Å²) in [5.74, 6) is -1.69. The molecule has 1 aliphatic heterocycles. The minimum absolute atomic E-state index is 0.0247. The number of amides is 1. The van der Waals surface area contributed by atoms with E-state index in [0.29, 0.717) is 29.8 Å². The van der Waals surface area contributed by atoms with Crippen LogP contribution in [0, 0.1) is 18.2 Å². The number of aromatic nitrogens is 4. The van der Waals surface area contributed by atoms with Crippen molar-refractivity contribution in [3.63, 3.8) is 0 Å². The van der Waals surface area contributed by atoms with Gasteiger partial charge >= 0.3 is 5.69 Å². The van der Waals surface area contributed by atoms with Crippen LogP contribution >= 0.6 is 0 Å². The highest BCUT2D eigenvalue weighted by molar-refractivity contribution is 5.90. The number of hydrogen-bond donors (Lipinski definition) is 1. The number of aryl methyl sites for hydroxylation is 1. The predicted octanol–water partition coefficient (Wildman–Crippen LogP) is 4.86. The van der Waals surface area contributed by atoms with Gasteiger partial charge in [-0.2, -0.15) is 4.98 Å². The van der Waals surface area contributed by atoms with Crippen molar-refractivity contribution >= 4 is 22.8 Å². The van der Waals surface area contributed by atoms with Crippen molar-refractivity contribution in [1.29, 1.82) is 0 Å². The number of aliphatic hydroxyl groups is 1. The van der Waals surface area contributed by atoms with E-state index in [1.807, 2.05) is 32.6 Å². The zero-order valence-corrected chi connectivity index (χ0v) is 26.3. The van der Waals surface area contributed by atoms with Gasteiger partial charge in [0.1, 0.15) is 17.5 Å². The Hall–Kier alpha value is -4.76. The van der Waals surface area contributed by atoms with E-state index in [-0.39, 0.29) is 60.5 Å². The number of allylic oxidation sites excluding steroid dienone is 4. The van der Waals surface area contributed by atoms with Gasteiger partial charge in [-0.05, 0) is 68.5 Å². The summed E-state index contributed by atoms with van der Waals surface area (Å²) in [7, 11) is 0. The quantitative estimate of drug-likeness (QED) is 0.193. The molecule has 3 aromatic heterocycles. The smallest absolute Gasteiger partial charge is 0.355 e. The van der Waals surface area contributed by atoms with Crippen molar-refractivity contribution in [3.8, 4) is 18.0 Å². The van der Waals surface area contributed by atoms with Crippen molar-refractivity contribution < 1.29 is 23.1 Å². The average molecular weight is 635 g/mol. The number of hydrogen-bond acceptors (Lipinski definition) is 7. The molecule has 0 bridgehead atoms. The summed E-state index contributed by atoms with van der Waals surface area (Å²) in [6, 6.07) is 2.21. The molecule has 242 valence electrons. The fraction of sp³-hybridized carbons (Fsp3) is 0.382. The topological polar surface area (TPSA) is 104 Å². The second-order valence-electron chi connectivity index (χ2n) is 11.5. The number of halogens is 3. The third kappa shape index (κ3) is 6.89. The highest BCUT2D eigenvalue weighted by atomic mass is 19.2. The molecule has 0 aliphatic carbocycles. The first-order valence-electron chi connectivity index (χ1n) is 15.0. The van der Waals surface area contributed by atoms with Crippen LogP contribution in [0.3, 0.4) is 0 Å². The van der Waals surface area contributed by atoms with Crippen LogP contribution in [0.1, 0.15) is 57.0 Å². The Morgan fingerprint density at radius 3 is 2.63 bits per heavy atom. The molecule has 9 nitrogen and oxygen atoms in total. The van der Waals surface area contributed by atoms with Crippen LogP contribution < -0.4 is 10.6 Å². The van der Waals surface area contributed by atoms with Gasteiger partial charge in [-0.25, -0.2) is 27.5 Å². The van der Waals surface area contributed by atoms with Crippen molar-refractivity contribution in [2.24, 2.45) is 0 Å². The molecular formula is C34H37F3N6O3. The van der Waals surface area contributed by atoms with Crippen LogP contribution in [-0.4, -0.2) is 67.2 Å². The van der Waals surface area contributed by atoms with Crippen molar-refractivity contribution in [3.05, 3.63) is 88.0 Å². The molecule has 12 heteroatoms. The van der Waals surface area contributed by atoms with Gasteiger partial charge < -0.3 is 14.9 Å². The van der Waals surface area contributed by atoms with Gasteiger partial charge in [0, 0.05) is 44.4 Å². The third-order valence-corrected chi connectivity index (χ3v) is 7.91. The largest absolute Gasteiger partial charge is 0.396 e. The lowest BCUT2D eigenvalue weighted by Gasteiger charge is -2.44. The van der Waals surface area contributed by atoms with Gasteiger partial charge in [0.2, 0.25) is 5.91 Å². The molecule has 1 N–H and O–H groups in total. The Kier molecular flexibility index (Phi) is 10.8. The minimum Gasteiger partial charge on any atom is -0.396 e. The van der Waals surface area contributed by atoms with Crippen molar-refractivity contribution in [1.82, 2.24) is 24.4 Å². The number of aliphatic hydroxyl groups excluding tert-OH is 1. The average Bonchev–Trinajstić information content (AvgIpc) is 3.03. The highest BCUT2D eigenvalue weighted by Crippen LogP contribution is 2.33. The molecule has 46 heavy (non-hydrogen) atoms. The molecule has 1 fully saturated rings. The first-order chi connectivity index (χ1) is 21.9. The number of rotatable bonds is 10. The zero-order chi connectivity index (χ0) is 33.7. The number of terminal acetylenes is 1. The number of carbonyl (C=O) groups is 1. The molecular weight excluding hydrogens is 597 g/mol. The molecule has 4 rings (SSSR count). The zero-order valence-electron chi connectivity index (χ0n) is 26.3. The molecule has 3 aromatic rings. The SMILES string of the molecule is C#C/C=C\C(F)=C(\F)Cc1nc2c(cc1F)c(N1C[C@@H](C)N(C(=O)C=C)C[C@@H]1C)nc(=O)n2-c1c(CCCO)ccnc1C(C)C. The minimum atomic E-state index is -1.29. The Labute approximate surface area is 265 Å². The van der Waals surface area contributed by atoms with Crippen LogP contribution in [-0.2, 0) is 17.6 Å². The van der Waals surface area contributed by atoms with Crippen molar-refractivity contribution in [2.75, 3.05) is 24.6 Å². The maximum absolute atomic E-state index is 15.8. The Morgan fingerprint density at radius 1 is 1.24 bits per heavy atom. The van der Waals surface area contributed by atoms with E-state index in [1.165, 1.54) is 10.6 Å². The molecule has 0 saturated carbocycles. The number of nitrogens with zero attached hydrogens (tertiary/aromatic N) is 6. The summed E-state index contributed by atoms with van der Waals surface area (Å²) in [5, 5.41) is 9.73. The first kappa shape index (κ1) is 34.1. The number of piperazine rings is 1. The second-order valence-corrected chi connectivity index (χ2v) is 11.5. The molecule has 0 unspecified atom stereocenters. The molecule has 2 atom stereocenters. The van der Waals surface area contributed by atoms with Crippen molar-refractivity contribution in [2.45, 2.75) is 65.0 Å². The summed E-state index contributed by atoms with van der Waals surface area (Å²) >= 11 is 0. The molecule has 0 spiro atoms. The van der Waals surface area contributed by atoms with Gasteiger partial charge in [0.05, 0.1) is 22.5 Å². The van der Waals surface area contributed by atoms with E-state index >= 15 is 4.39 Å². The maximum atomic E-state index is 15.8. The van der Waals surface area contributed by atoms with Crippen LogP contribution in [0.2, 0.25) is 0 Å². The molecule has 4 heterocycles. The number of carbonyl (C=O) groups excluding carboxylic acids is 1. The van der Waals surface area contributed by atoms with Crippen LogP contribution in [0.4, 0.5) is 19.0 Å². The van der Waals surface area contributed by atoms with Gasteiger partial charge in [0.25, 0.3) is 0 Å². The second kappa shape index (κ2) is 14.6. The van der Waals surface area contributed by atoms with Gasteiger partial charge in [0.15, 0.2) is 11.5 Å². The fourth-order valence-corrected chi connectivity index (χ4v) is 5.64. The summed E-state index contributed by atoms with van der Waals surface area (Å²) in [4.78, 5) is 43.5. The summed E-state index contributed by atoms with van der Waals surface area (Å²) < 4.78 is 46.2. The number of fused-ring (bicyclic) bond motifs is 1. The molecule has 0 radical (unpaired) electrons. The Balaban J connectivity index is 2.04. The standard InChI is InChI=1S/C34H37F3N6O3/c1-7-9-12-25(35)26(36)17-28-27(37)16-24-32(42-19-21(5)41(18-22(42)6)29(45)8-2)40-34(46)43(33(24)39-28)31-23(11-10-15-44)13-14-38-30(31)20(3)4/h1,8-9,12-14,16,20-22,44H,2,10-11,15,17-19H2,3-6H3/b12-9-,26-25-/t21-,22+/m1/s1. The van der Waals surface area contributed by atoms with Gasteiger partial charge in [-0.1, -0.05) is 26.3 Å². The Bertz CT molecular complexity index is 1810. The lowest BCUT2D eigenvalue weighted by Crippen LogP contribution is -2.58. The van der Waals surface area contributed by atoms with E-state index in [4.69, 9.17) is 6.42 Å². The van der Waals surface area contributed by atoms with Gasteiger partial charge in [-0.3, -0.25) is 9.78 Å². The number of anilines is 1. The Morgan fingerprint density at radius 2 is 1.98 bits per heavy atom. The summed E-state index contributed by atoms with van der Waals surface area (Å²) in [6.07, 6.45) is 9.61. The highest BCUT2D eigenvalue weighted by Gasteiger charge is 2.34. The van der Waals surface area contributed by atoms with Gasteiger partial charge in [-0.15, -0.1) is 6.42 Å². The fourth-order valence-electron chi connectivity index (χ4n) is 5.64. The molecule has 1 aliphatic rings. The lowest BCUT2D eigenvalue weighted by atomic mass is 10.0. The van der Waals surface area contributed by atoms with Crippen LogP contribution in [0.5, 0.6) is 0 Å². The van der Waals surface area contributed by atoms with Crippen LogP contribution in [0.15, 0.2) is 59.6 Å². The van der Waals surface area contributed by atoms with E-state index in [2.05, 4.69) is 27.5 Å². The normalized spacial score (nSPS) is 17.5. The molecule has 1 amide bonds. The van der Waals surface area contributed by atoms with Crippen LogP contribution in [0.25, 0.3) is 16.7 Å². The lowest BCUT2D eigenvalue weighted by molar-refractivity contribution is -0.128. The molecule has 0 aromatic carbocycles. The van der Waals surface area contributed by atoms with E-state index in [0.717, 1.165) is 18.2 Å². The monoisotopic (exact) mass is 634 g/mol. The van der Waals surface area contributed by atoms with E-state index in [9.17, 15) is 23.5 Å². The predicted molar refractivity (Wildman–Crippen MR) is 171 cm³/mol. The number of pyridine rings is 2. The maximum Gasteiger partial charge on any atom is 0.355 e.